The molecule has 0 spiro atoms. The molecule has 0 bridgehead atoms. The Hall–Kier alpha value is -2.41. The summed E-state index contributed by atoms with van der Waals surface area (Å²) >= 11 is 0. The van der Waals surface area contributed by atoms with E-state index in [2.05, 4.69) is 4.98 Å². The van der Waals surface area contributed by atoms with Gasteiger partial charge in [-0.2, -0.15) is 0 Å². The zero-order valence-corrected chi connectivity index (χ0v) is 12.5. The number of aromatic nitrogens is 1. The van der Waals surface area contributed by atoms with Gasteiger partial charge in [0.15, 0.2) is 5.03 Å². The van der Waals surface area contributed by atoms with Gasteiger partial charge >= 0.3 is 0 Å². The predicted molar refractivity (Wildman–Crippen MR) is 78.7 cm³/mol. The molecule has 1 aromatic heterocycles. The van der Waals surface area contributed by atoms with Crippen LogP contribution in [-0.2, 0) is 27.7 Å². The largest absolute Gasteiger partial charge is 0.508 e. The Morgan fingerprint density at radius 1 is 1.18 bits per heavy atom. The number of hydrogen-bond acceptors (Lipinski definition) is 5. The molecule has 1 aromatic carbocycles. The van der Waals surface area contributed by atoms with Crippen molar-refractivity contribution in [3.8, 4) is 5.75 Å². The highest BCUT2D eigenvalue weighted by Crippen LogP contribution is 2.26. The third-order valence-corrected chi connectivity index (χ3v) is 5.04. The third kappa shape index (κ3) is 2.80. The van der Waals surface area contributed by atoms with Crippen LogP contribution in [0, 0.1) is 0 Å². The summed E-state index contributed by atoms with van der Waals surface area (Å²) in [5.74, 6) is -0.945. The van der Waals surface area contributed by atoms with Crippen LogP contribution in [-0.4, -0.2) is 35.1 Å². The van der Waals surface area contributed by atoms with Crippen LogP contribution in [0.4, 0.5) is 0 Å². The Kier molecular flexibility index (Phi) is 3.58. The normalized spacial score (nSPS) is 13.9. The summed E-state index contributed by atoms with van der Waals surface area (Å²) in [7, 11) is -3.74. The van der Waals surface area contributed by atoms with Crippen LogP contribution >= 0.6 is 0 Å². The van der Waals surface area contributed by atoms with Crippen LogP contribution in [0.15, 0.2) is 47.6 Å². The van der Waals surface area contributed by atoms with E-state index in [9.17, 15) is 18.3 Å². The van der Waals surface area contributed by atoms with E-state index >= 15 is 0 Å². The van der Waals surface area contributed by atoms with E-state index in [1.54, 1.807) is 30.3 Å². The number of benzene rings is 1. The fraction of sp³-hybridized carbons (Fsp3) is 0.200. The smallest absolute Gasteiger partial charge is 0.238 e. The molecule has 0 fully saturated rings. The number of phenolic OH excluding ortho intramolecular Hbond substituents is 1. The van der Waals surface area contributed by atoms with E-state index in [1.165, 1.54) is 17.2 Å². The van der Waals surface area contributed by atoms with Crippen molar-refractivity contribution in [1.82, 2.24) is 9.88 Å². The second-order valence-corrected chi connectivity index (χ2v) is 7.07. The molecule has 22 heavy (non-hydrogen) atoms. The van der Waals surface area contributed by atoms with Crippen LogP contribution in [0.5, 0.6) is 5.75 Å². The van der Waals surface area contributed by atoms with Crippen molar-refractivity contribution in [3.05, 3.63) is 53.7 Å². The molecule has 0 aliphatic carbocycles. The summed E-state index contributed by atoms with van der Waals surface area (Å²) in [4.78, 5) is 17.5. The highest BCUT2D eigenvalue weighted by atomic mass is 32.2. The standard InChI is InChI=1S/C15H14N2O4S/c18-13-5-4-11-8-17(9-12(11)7-13)15(19)10-22(20,21)14-3-1-2-6-16-14/h1-7,18H,8-10H2. The monoisotopic (exact) mass is 318 g/mol. The minimum Gasteiger partial charge on any atom is -0.508 e. The van der Waals surface area contributed by atoms with Crippen LogP contribution in [0.25, 0.3) is 0 Å². The lowest BCUT2D eigenvalue weighted by molar-refractivity contribution is -0.129. The van der Waals surface area contributed by atoms with Gasteiger partial charge in [-0.25, -0.2) is 13.4 Å². The maximum atomic E-state index is 12.2. The Morgan fingerprint density at radius 2 is 1.95 bits per heavy atom. The number of carbonyl (C=O) groups is 1. The summed E-state index contributed by atoms with van der Waals surface area (Å²) in [5.41, 5.74) is 1.75. The van der Waals surface area contributed by atoms with Crippen molar-refractivity contribution in [2.45, 2.75) is 18.1 Å². The average Bonchev–Trinajstić information content (AvgIpc) is 2.91. The van der Waals surface area contributed by atoms with Gasteiger partial charge in [-0.15, -0.1) is 0 Å². The molecule has 1 N–H and O–H groups in total. The van der Waals surface area contributed by atoms with E-state index in [1.807, 2.05) is 0 Å². The van der Waals surface area contributed by atoms with Crippen molar-refractivity contribution in [2.24, 2.45) is 0 Å². The molecule has 0 atom stereocenters. The minimum atomic E-state index is -3.74. The SMILES string of the molecule is O=C(CS(=O)(=O)c1ccccn1)N1Cc2ccc(O)cc2C1. The molecule has 0 saturated carbocycles. The lowest BCUT2D eigenvalue weighted by atomic mass is 10.1. The van der Waals surface area contributed by atoms with Crippen molar-refractivity contribution < 1.29 is 18.3 Å². The fourth-order valence-corrected chi connectivity index (χ4v) is 3.58. The number of fused-ring (bicyclic) bond motifs is 1. The first-order valence-corrected chi connectivity index (χ1v) is 8.33. The van der Waals surface area contributed by atoms with Crippen molar-refractivity contribution >= 4 is 15.7 Å². The zero-order valence-electron chi connectivity index (χ0n) is 11.6. The zero-order chi connectivity index (χ0) is 15.7. The van der Waals surface area contributed by atoms with Gasteiger partial charge in [0.1, 0.15) is 11.5 Å². The first-order chi connectivity index (χ1) is 10.5. The number of hydrogen-bond donors (Lipinski definition) is 1. The minimum absolute atomic E-state index is 0.0993. The molecule has 2 aromatic rings. The maximum Gasteiger partial charge on any atom is 0.238 e. The Balaban J connectivity index is 1.74. The van der Waals surface area contributed by atoms with Crippen molar-refractivity contribution in [1.29, 1.82) is 0 Å². The summed E-state index contributed by atoms with van der Waals surface area (Å²) in [6.45, 7) is 0.659. The molecule has 3 rings (SSSR count). The van der Waals surface area contributed by atoms with Crippen LogP contribution in [0.3, 0.4) is 0 Å². The van der Waals surface area contributed by atoms with E-state index in [0.29, 0.717) is 13.1 Å². The van der Waals surface area contributed by atoms with Gasteiger partial charge in [-0.3, -0.25) is 4.79 Å². The van der Waals surface area contributed by atoms with Crippen molar-refractivity contribution in [2.75, 3.05) is 5.75 Å². The highest BCUT2D eigenvalue weighted by molar-refractivity contribution is 7.92. The second-order valence-electron chi connectivity index (χ2n) is 5.13. The molecule has 1 aliphatic heterocycles. The number of aromatic hydroxyl groups is 1. The number of sulfone groups is 1. The molecule has 1 amide bonds. The van der Waals surface area contributed by atoms with Crippen molar-refractivity contribution in [3.63, 3.8) is 0 Å². The van der Waals surface area contributed by atoms with Gasteiger partial charge in [0.2, 0.25) is 15.7 Å². The first-order valence-electron chi connectivity index (χ1n) is 6.68. The Labute approximate surface area is 128 Å². The Bertz CT molecular complexity index is 819. The number of nitrogens with zero attached hydrogens (tertiary/aromatic N) is 2. The van der Waals surface area contributed by atoms with Crippen LogP contribution in [0.1, 0.15) is 11.1 Å². The van der Waals surface area contributed by atoms with E-state index < -0.39 is 21.5 Å². The van der Waals surface area contributed by atoms with Gasteiger partial charge < -0.3 is 10.0 Å². The number of pyridine rings is 1. The fourth-order valence-electron chi connectivity index (χ4n) is 2.42. The molecule has 0 radical (unpaired) electrons. The maximum absolute atomic E-state index is 12.2. The van der Waals surface area contributed by atoms with E-state index in [0.717, 1.165) is 11.1 Å². The van der Waals surface area contributed by atoms with E-state index in [-0.39, 0.29) is 10.8 Å². The molecular formula is C15H14N2O4S. The number of rotatable bonds is 3. The lowest BCUT2D eigenvalue weighted by Crippen LogP contribution is -2.31. The van der Waals surface area contributed by atoms with E-state index in [4.69, 9.17) is 0 Å². The highest BCUT2D eigenvalue weighted by Gasteiger charge is 2.28. The molecule has 7 heteroatoms. The lowest BCUT2D eigenvalue weighted by Gasteiger charge is -2.15. The summed E-state index contributed by atoms with van der Waals surface area (Å²) in [5, 5.41) is 9.35. The summed E-state index contributed by atoms with van der Waals surface area (Å²) in [6, 6.07) is 9.45. The van der Waals surface area contributed by atoms with Gasteiger partial charge in [0, 0.05) is 19.3 Å². The third-order valence-electron chi connectivity index (χ3n) is 3.53. The molecule has 1 aliphatic rings. The first kappa shape index (κ1) is 14.5. The summed E-state index contributed by atoms with van der Waals surface area (Å²) < 4.78 is 24.4. The number of carbonyl (C=O) groups excluding carboxylic acids is 1. The van der Waals surface area contributed by atoms with Crippen LogP contribution < -0.4 is 0 Å². The van der Waals surface area contributed by atoms with Gasteiger partial charge in [-0.05, 0) is 35.4 Å². The molecule has 6 nitrogen and oxygen atoms in total. The second kappa shape index (κ2) is 5.42. The Morgan fingerprint density at radius 3 is 2.68 bits per heavy atom. The van der Waals surface area contributed by atoms with Crippen LogP contribution in [0.2, 0.25) is 0 Å². The number of phenols is 1. The summed E-state index contributed by atoms with van der Waals surface area (Å²) in [6.07, 6.45) is 1.38. The predicted octanol–water partition coefficient (Wildman–Crippen LogP) is 1.10. The van der Waals surface area contributed by atoms with Gasteiger partial charge in [0.05, 0.1) is 0 Å². The molecular weight excluding hydrogens is 304 g/mol. The number of amides is 1. The topological polar surface area (TPSA) is 87.6 Å². The molecule has 0 unspecified atom stereocenters. The quantitative estimate of drug-likeness (QED) is 0.916. The molecule has 0 saturated heterocycles. The molecule has 114 valence electrons. The van der Waals surface area contributed by atoms with Gasteiger partial charge in [0.25, 0.3) is 0 Å². The molecule has 2 heterocycles. The van der Waals surface area contributed by atoms with Gasteiger partial charge in [-0.1, -0.05) is 12.1 Å². The average molecular weight is 318 g/mol.